The third-order valence-electron chi connectivity index (χ3n) is 4.26. The van der Waals surface area contributed by atoms with Crippen LogP contribution in [0.1, 0.15) is 15.9 Å². The van der Waals surface area contributed by atoms with Crippen LogP contribution in [0.15, 0.2) is 83.3 Å². The molecule has 0 aliphatic heterocycles. The predicted octanol–water partition coefficient (Wildman–Crippen LogP) is 3.94. The van der Waals surface area contributed by atoms with E-state index in [1.165, 1.54) is 0 Å². The first-order valence-electron chi connectivity index (χ1n) is 8.53. The van der Waals surface area contributed by atoms with Gasteiger partial charge in [0.25, 0.3) is 5.91 Å². The molecule has 2 amide bonds. The Hall–Kier alpha value is -2.92. The molecule has 5 heteroatoms. The maximum atomic E-state index is 12.5. The molecule has 3 N–H and O–H groups in total. The fourth-order valence-corrected chi connectivity index (χ4v) is 3.03. The zero-order valence-electron chi connectivity index (χ0n) is 14.6. The number of benzene rings is 3. The number of hydrogen-bond acceptors (Lipinski definition) is 2. The van der Waals surface area contributed by atoms with E-state index in [1.807, 2.05) is 66.7 Å². The zero-order valence-corrected chi connectivity index (χ0v) is 16.1. The number of carbonyl (C=O) groups excluding carboxylic acids is 2. The molecule has 3 rings (SSSR count). The van der Waals surface area contributed by atoms with E-state index in [2.05, 4.69) is 21.2 Å². The molecule has 3 aromatic carbocycles. The van der Waals surface area contributed by atoms with Crippen LogP contribution < -0.4 is 11.1 Å². The molecule has 0 aliphatic rings. The van der Waals surface area contributed by atoms with Gasteiger partial charge >= 0.3 is 0 Å². The molecule has 0 unspecified atom stereocenters. The van der Waals surface area contributed by atoms with Crippen LogP contribution in [0.5, 0.6) is 0 Å². The highest BCUT2D eigenvalue weighted by molar-refractivity contribution is 9.10. The van der Waals surface area contributed by atoms with Crippen molar-refractivity contribution >= 4 is 27.7 Å². The minimum Gasteiger partial charge on any atom is -0.368 e. The van der Waals surface area contributed by atoms with Crippen LogP contribution in [-0.2, 0) is 11.2 Å². The maximum absolute atomic E-state index is 12.5. The Morgan fingerprint density at radius 1 is 0.852 bits per heavy atom. The van der Waals surface area contributed by atoms with Gasteiger partial charge in [0, 0.05) is 16.5 Å². The summed E-state index contributed by atoms with van der Waals surface area (Å²) < 4.78 is 0.949. The summed E-state index contributed by atoms with van der Waals surface area (Å²) in [6.07, 6.45) is 0.344. The van der Waals surface area contributed by atoms with Crippen LogP contribution in [0, 0.1) is 0 Å². The van der Waals surface area contributed by atoms with Crippen LogP contribution in [0.2, 0.25) is 0 Å². The smallest absolute Gasteiger partial charge is 0.251 e. The molecule has 0 aliphatic carbocycles. The Bertz CT molecular complexity index is 923. The number of nitrogens with one attached hydrogen (secondary N) is 1. The van der Waals surface area contributed by atoms with Gasteiger partial charge in [0.05, 0.1) is 0 Å². The molecule has 27 heavy (non-hydrogen) atoms. The summed E-state index contributed by atoms with van der Waals surface area (Å²) in [7, 11) is 0. The lowest BCUT2D eigenvalue weighted by Crippen LogP contribution is -2.45. The van der Waals surface area contributed by atoms with Crippen LogP contribution in [0.25, 0.3) is 11.1 Å². The van der Waals surface area contributed by atoms with Crippen LogP contribution >= 0.6 is 15.9 Å². The highest BCUT2D eigenvalue weighted by Crippen LogP contribution is 2.19. The van der Waals surface area contributed by atoms with Crippen molar-refractivity contribution in [3.05, 3.63) is 94.5 Å². The fraction of sp³-hybridized carbons (Fsp3) is 0.0909. The Morgan fingerprint density at radius 3 is 2.04 bits per heavy atom. The summed E-state index contributed by atoms with van der Waals surface area (Å²) in [6, 6.07) is 24.0. The summed E-state index contributed by atoms with van der Waals surface area (Å²) in [6.45, 7) is 0. The van der Waals surface area contributed by atoms with E-state index in [9.17, 15) is 9.59 Å². The lowest BCUT2D eigenvalue weighted by Gasteiger charge is -2.16. The van der Waals surface area contributed by atoms with Crippen LogP contribution in [0.4, 0.5) is 0 Å². The summed E-state index contributed by atoms with van der Waals surface area (Å²) >= 11 is 3.37. The molecule has 0 aromatic heterocycles. The number of amides is 2. The number of primary amides is 1. The van der Waals surface area contributed by atoms with E-state index >= 15 is 0 Å². The van der Waals surface area contributed by atoms with E-state index < -0.39 is 11.9 Å². The number of hydrogen-bond donors (Lipinski definition) is 2. The molecule has 0 bridgehead atoms. The second-order valence-corrected chi connectivity index (χ2v) is 7.12. The largest absolute Gasteiger partial charge is 0.368 e. The van der Waals surface area contributed by atoms with E-state index in [0.717, 1.165) is 21.2 Å². The monoisotopic (exact) mass is 422 g/mol. The van der Waals surface area contributed by atoms with Crippen molar-refractivity contribution in [2.45, 2.75) is 12.5 Å². The van der Waals surface area contributed by atoms with Gasteiger partial charge in [-0.25, -0.2) is 0 Å². The average molecular weight is 423 g/mol. The summed E-state index contributed by atoms with van der Waals surface area (Å²) in [5.74, 6) is -0.886. The minimum atomic E-state index is -0.771. The molecule has 0 saturated heterocycles. The highest BCUT2D eigenvalue weighted by Gasteiger charge is 2.19. The molecule has 1 atom stereocenters. The first kappa shape index (κ1) is 18.9. The van der Waals surface area contributed by atoms with Gasteiger partial charge in [0.1, 0.15) is 6.04 Å². The molecule has 0 heterocycles. The number of nitrogens with two attached hydrogens (primary N) is 1. The van der Waals surface area contributed by atoms with Crippen molar-refractivity contribution in [1.29, 1.82) is 0 Å². The number of carbonyl (C=O) groups is 2. The number of rotatable bonds is 6. The van der Waals surface area contributed by atoms with Gasteiger partial charge in [-0.05, 0) is 41.0 Å². The van der Waals surface area contributed by atoms with Crippen molar-refractivity contribution in [2.75, 3.05) is 0 Å². The lowest BCUT2D eigenvalue weighted by molar-refractivity contribution is -0.119. The van der Waals surface area contributed by atoms with Crippen molar-refractivity contribution in [1.82, 2.24) is 5.32 Å². The topological polar surface area (TPSA) is 72.2 Å². The average Bonchev–Trinajstić information content (AvgIpc) is 2.69. The third-order valence-corrected chi connectivity index (χ3v) is 4.78. The third kappa shape index (κ3) is 5.05. The summed E-state index contributed by atoms with van der Waals surface area (Å²) in [5, 5.41) is 2.73. The first-order chi connectivity index (χ1) is 13.0. The SMILES string of the molecule is NC(=O)[C@@H](Cc1ccc(Br)cc1)NC(=O)c1ccc(-c2ccccc2)cc1. The molecule has 136 valence electrons. The molecule has 3 aromatic rings. The van der Waals surface area contributed by atoms with Crippen LogP contribution in [-0.4, -0.2) is 17.9 Å². The maximum Gasteiger partial charge on any atom is 0.251 e. The molecule has 4 nitrogen and oxygen atoms in total. The van der Waals surface area contributed by atoms with Gasteiger partial charge in [0.15, 0.2) is 0 Å². The zero-order chi connectivity index (χ0) is 19.2. The van der Waals surface area contributed by atoms with Crippen molar-refractivity contribution in [3.63, 3.8) is 0 Å². The Labute approximate surface area is 166 Å². The van der Waals surface area contributed by atoms with Gasteiger partial charge in [-0.1, -0.05) is 70.5 Å². The standard InChI is InChI=1S/C22H19BrN2O2/c23-19-12-6-15(7-13-19)14-20(21(24)26)25-22(27)18-10-8-17(9-11-18)16-4-2-1-3-5-16/h1-13,20H,14H2,(H2,24,26)(H,25,27)/t20-/m1/s1. The van der Waals surface area contributed by atoms with Crippen LogP contribution in [0.3, 0.4) is 0 Å². The molecule has 0 fully saturated rings. The first-order valence-corrected chi connectivity index (χ1v) is 9.32. The molecular weight excluding hydrogens is 404 g/mol. The van der Waals surface area contributed by atoms with E-state index in [1.54, 1.807) is 12.1 Å². The Balaban J connectivity index is 1.70. The van der Waals surface area contributed by atoms with E-state index in [4.69, 9.17) is 5.73 Å². The van der Waals surface area contributed by atoms with E-state index in [0.29, 0.717) is 12.0 Å². The Morgan fingerprint density at radius 2 is 1.44 bits per heavy atom. The van der Waals surface area contributed by atoms with Crippen molar-refractivity contribution < 1.29 is 9.59 Å². The minimum absolute atomic E-state index is 0.324. The van der Waals surface area contributed by atoms with Gasteiger partial charge in [-0.3, -0.25) is 9.59 Å². The number of halogens is 1. The second-order valence-electron chi connectivity index (χ2n) is 6.20. The molecule has 0 radical (unpaired) electrons. The molecule has 0 saturated carbocycles. The van der Waals surface area contributed by atoms with Gasteiger partial charge in [0.2, 0.25) is 5.91 Å². The van der Waals surface area contributed by atoms with E-state index in [-0.39, 0.29) is 5.91 Å². The van der Waals surface area contributed by atoms with Crippen molar-refractivity contribution in [3.8, 4) is 11.1 Å². The summed E-state index contributed by atoms with van der Waals surface area (Å²) in [4.78, 5) is 24.3. The highest BCUT2D eigenvalue weighted by atomic mass is 79.9. The lowest BCUT2D eigenvalue weighted by atomic mass is 10.0. The molecule has 0 spiro atoms. The predicted molar refractivity (Wildman–Crippen MR) is 110 cm³/mol. The second kappa shape index (κ2) is 8.64. The summed E-state index contributed by atoms with van der Waals surface area (Å²) in [5.41, 5.74) is 8.98. The Kier molecular flexibility index (Phi) is 6.04. The molecular formula is C22H19BrN2O2. The van der Waals surface area contributed by atoms with Gasteiger partial charge in [-0.2, -0.15) is 0 Å². The van der Waals surface area contributed by atoms with Crippen molar-refractivity contribution in [2.24, 2.45) is 5.73 Å². The van der Waals surface area contributed by atoms with Gasteiger partial charge in [-0.15, -0.1) is 0 Å². The fourth-order valence-electron chi connectivity index (χ4n) is 2.77. The quantitative estimate of drug-likeness (QED) is 0.631. The van der Waals surface area contributed by atoms with Gasteiger partial charge < -0.3 is 11.1 Å². The normalized spacial score (nSPS) is 11.6.